The van der Waals surface area contributed by atoms with Crippen molar-refractivity contribution in [2.45, 2.75) is 25.7 Å². The number of aromatic nitrogens is 2. The highest BCUT2D eigenvalue weighted by Gasteiger charge is 2.22. The van der Waals surface area contributed by atoms with E-state index in [9.17, 15) is 0 Å². The second-order valence-corrected chi connectivity index (χ2v) is 8.19. The zero-order chi connectivity index (χ0) is 19.8. The summed E-state index contributed by atoms with van der Waals surface area (Å²) in [6.07, 6.45) is 2.44. The normalized spacial score (nSPS) is 16.2. The highest BCUT2D eigenvalue weighted by atomic mass is 16.3. The van der Waals surface area contributed by atoms with Gasteiger partial charge in [0.05, 0.1) is 11.0 Å². The van der Waals surface area contributed by atoms with Gasteiger partial charge >= 0.3 is 0 Å². The number of imidazole rings is 1. The first-order chi connectivity index (χ1) is 14.2. The number of hydrogen-bond donors (Lipinski definition) is 2. The Bertz CT molecular complexity index is 1100. The summed E-state index contributed by atoms with van der Waals surface area (Å²) in [6.45, 7) is 6.72. The minimum absolute atomic E-state index is 0.627. The van der Waals surface area contributed by atoms with Gasteiger partial charge in [-0.05, 0) is 75.1 Å². The van der Waals surface area contributed by atoms with Crippen molar-refractivity contribution in [3.05, 3.63) is 53.6 Å². The van der Waals surface area contributed by atoms with Crippen LogP contribution in [0.15, 0.2) is 46.9 Å². The number of hydrogen-bond acceptors (Lipinski definition) is 4. The monoisotopic (exact) mass is 388 g/mol. The van der Waals surface area contributed by atoms with E-state index >= 15 is 0 Å². The van der Waals surface area contributed by atoms with Crippen LogP contribution in [-0.2, 0) is 0 Å². The first-order valence-corrected chi connectivity index (χ1v) is 10.6. The summed E-state index contributed by atoms with van der Waals surface area (Å²) in [5.41, 5.74) is 5.70. The Labute approximate surface area is 171 Å². The lowest BCUT2D eigenvalue weighted by atomic mass is 9.88. The van der Waals surface area contributed by atoms with E-state index in [2.05, 4.69) is 46.4 Å². The van der Waals surface area contributed by atoms with Crippen molar-refractivity contribution in [2.75, 3.05) is 33.2 Å². The van der Waals surface area contributed by atoms with Gasteiger partial charge in [0.2, 0.25) is 0 Å². The Hall–Kier alpha value is -2.63. The summed E-state index contributed by atoms with van der Waals surface area (Å²) < 4.78 is 6.01. The van der Waals surface area contributed by atoms with Gasteiger partial charge < -0.3 is 19.6 Å². The fourth-order valence-electron chi connectivity index (χ4n) is 4.53. The molecule has 150 valence electrons. The highest BCUT2D eigenvalue weighted by molar-refractivity contribution is 5.86. The molecule has 0 radical (unpaired) electrons. The van der Waals surface area contributed by atoms with Gasteiger partial charge in [-0.1, -0.05) is 24.3 Å². The number of nitrogens with one attached hydrogen (secondary N) is 2. The van der Waals surface area contributed by atoms with Gasteiger partial charge in [-0.25, -0.2) is 4.98 Å². The Morgan fingerprint density at radius 1 is 1.17 bits per heavy atom. The second kappa shape index (κ2) is 7.65. The number of likely N-dealkylation sites (N-methyl/N-ethyl adjacent to an activating group) is 1. The number of aryl methyl sites for hydroxylation is 1. The molecule has 2 aromatic carbocycles. The maximum absolute atomic E-state index is 6.01. The Balaban J connectivity index is 1.41. The number of nitrogens with zero attached hydrogens (tertiary/aromatic N) is 2. The molecule has 0 aliphatic carbocycles. The predicted octanol–water partition coefficient (Wildman–Crippen LogP) is 4.68. The molecule has 2 N–H and O–H groups in total. The van der Waals surface area contributed by atoms with Crippen molar-refractivity contribution in [3.63, 3.8) is 0 Å². The Morgan fingerprint density at radius 3 is 2.79 bits per heavy atom. The van der Waals surface area contributed by atoms with Gasteiger partial charge in [0.25, 0.3) is 0 Å². The first kappa shape index (κ1) is 18.4. The number of fused-ring (bicyclic) bond motifs is 2. The van der Waals surface area contributed by atoms with Crippen molar-refractivity contribution in [1.29, 1.82) is 0 Å². The quantitative estimate of drug-likeness (QED) is 0.521. The van der Waals surface area contributed by atoms with E-state index in [1.807, 2.05) is 25.2 Å². The van der Waals surface area contributed by atoms with Gasteiger partial charge in [-0.3, -0.25) is 0 Å². The van der Waals surface area contributed by atoms with E-state index in [0.29, 0.717) is 5.92 Å². The standard InChI is InChI=1S/C24H28N4O/c1-16-13-19(17-7-10-28(11-8-17)12-9-25-2)14-20-23(16)27-24(26-20)22-15-18-5-3-4-6-21(18)29-22/h3-6,13-15,17,25H,7-12H2,1-2H3,(H,26,27). The molecule has 1 aliphatic heterocycles. The molecule has 5 rings (SSSR count). The van der Waals surface area contributed by atoms with Crippen molar-refractivity contribution in [3.8, 4) is 11.6 Å². The molecule has 1 aliphatic rings. The average Bonchev–Trinajstić information content (AvgIpc) is 3.37. The van der Waals surface area contributed by atoms with Crippen molar-refractivity contribution < 1.29 is 4.42 Å². The fourth-order valence-corrected chi connectivity index (χ4v) is 4.53. The number of benzene rings is 2. The second-order valence-electron chi connectivity index (χ2n) is 8.19. The predicted molar refractivity (Wildman–Crippen MR) is 118 cm³/mol. The van der Waals surface area contributed by atoms with Crippen molar-refractivity contribution in [1.82, 2.24) is 20.2 Å². The van der Waals surface area contributed by atoms with E-state index in [0.717, 1.165) is 46.7 Å². The third-order valence-electron chi connectivity index (χ3n) is 6.20. The Morgan fingerprint density at radius 2 is 2.00 bits per heavy atom. The third kappa shape index (κ3) is 3.56. The highest BCUT2D eigenvalue weighted by Crippen LogP contribution is 2.33. The van der Waals surface area contributed by atoms with Crippen molar-refractivity contribution in [2.24, 2.45) is 0 Å². The molecule has 1 saturated heterocycles. The van der Waals surface area contributed by atoms with Gasteiger partial charge in [-0.15, -0.1) is 0 Å². The molecule has 0 bridgehead atoms. The summed E-state index contributed by atoms with van der Waals surface area (Å²) in [6, 6.07) is 14.8. The molecular formula is C24H28N4O. The average molecular weight is 389 g/mol. The van der Waals surface area contributed by atoms with Crippen LogP contribution in [0.3, 0.4) is 0 Å². The molecule has 2 aromatic heterocycles. The van der Waals surface area contributed by atoms with Crippen LogP contribution >= 0.6 is 0 Å². The Kier molecular flexibility index (Phi) is 4.86. The minimum Gasteiger partial charge on any atom is -0.453 e. The number of para-hydroxylation sites is 1. The van der Waals surface area contributed by atoms with E-state index in [-0.39, 0.29) is 0 Å². The summed E-state index contributed by atoms with van der Waals surface area (Å²) in [4.78, 5) is 10.9. The largest absolute Gasteiger partial charge is 0.453 e. The van der Waals surface area contributed by atoms with Gasteiger partial charge in [-0.2, -0.15) is 0 Å². The van der Waals surface area contributed by atoms with E-state index in [1.54, 1.807) is 0 Å². The van der Waals surface area contributed by atoms with Crippen LogP contribution in [0.1, 0.15) is 29.9 Å². The molecule has 4 aromatic rings. The lowest BCUT2D eigenvalue weighted by molar-refractivity contribution is 0.214. The number of H-pyrrole nitrogens is 1. The van der Waals surface area contributed by atoms with E-state index in [4.69, 9.17) is 9.40 Å². The number of piperidine rings is 1. The van der Waals surface area contributed by atoms with Crippen LogP contribution in [-0.4, -0.2) is 48.1 Å². The van der Waals surface area contributed by atoms with E-state index < -0.39 is 0 Å². The molecule has 0 unspecified atom stereocenters. The van der Waals surface area contributed by atoms with Crippen LogP contribution in [0.5, 0.6) is 0 Å². The minimum atomic E-state index is 0.627. The molecule has 5 nitrogen and oxygen atoms in total. The molecule has 0 spiro atoms. The lowest BCUT2D eigenvalue weighted by Crippen LogP contribution is -2.37. The molecule has 3 heterocycles. The lowest BCUT2D eigenvalue weighted by Gasteiger charge is -2.32. The SMILES string of the molecule is CNCCN1CCC(c2cc(C)c3nc(-c4cc5ccccc5o4)[nH]c3c2)CC1. The zero-order valence-corrected chi connectivity index (χ0v) is 17.2. The zero-order valence-electron chi connectivity index (χ0n) is 17.2. The summed E-state index contributed by atoms with van der Waals surface area (Å²) in [5, 5.41) is 4.35. The van der Waals surface area contributed by atoms with E-state index in [1.165, 1.54) is 37.1 Å². The molecule has 0 saturated carbocycles. The molecule has 1 fully saturated rings. The fraction of sp³-hybridized carbons (Fsp3) is 0.375. The summed E-state index contributed by atoms with van der Waals surface area (Å²) in [7, 11) is 2.02. The number of furan rings is 1. The third-order valence-corrected chi connectivity index (χ3v) is 6.20. The van der Waals surface area contributed by atoms with Gasteiger partial charge in [0.15, 0.2) is 11.6 Å². The number of rotatable bonds is 5. The van der Waals surface area contributed by atoms with Crippen LogP contribution in [0, 0.1) is 6.92 Å². The summed E-state index contributed by atoms with van der Waals surface area (Å²) >= 11 is 0. The van der Waals surface area contributed by atoms with Crippen LogP contribution in [0.4, 0.5) is 0 Å². The van der Waals surface area contributed by atoms with Gasteiger partial charge in [0, 0.05) is 18.5 Å². The molecular weight excluding hydrogens is 360 g/mol. The van der Waals surface area contributed by atoms with Crippen molar-refractivity contribution >= 4 is 22.0 Å². The number of aromatic amines is 1. The number of likely N-dealkylation sites (tertiary alicyclic amines) is 1. The molecule has 5 heteroatoms. The molecule has 29 heavy (non-hydrogen) atoms. The maximum Gasteiger partial charge on any atom is 0.174 e. The topological polar surface area (TPSA) is 57.1 Å². The van der Waals surface area contributed by atoms with Crippen LogP contribution < -0.4 is 5.32 Å². The first-order valence-electron chi connectivity index (χ1n) is 10.6. The molecule has 0 amide bonds. The van der Waals surface area contributed by atoms with Crippen LogP contribution in [0.25, 0.3) is 33.6 Å². The molecule has 0 atom stereocenters. The summed E-state index contributed by atoms with van der Waals surface area (Å²) in [5.74, 6) is 2.22. The van der Waals surface area contributed by atoms with Crippen LogP contribution in [0.2, 0.25) is 0 Å². The smallest absolute Gasteiger partial charge is 0.174 e. The maximum atomic E-state index is 6.01. The van der Waals surface area contributed by atoms with Gasteiger partial charge in [0.1, 0.15) is 5.58 Å².